The molecule has 0 aromatic heterocycles. The lowest BCUT2D eigenvalue weighted by Crippen LogP contribution is -2.50. The third-order valence-corrected chi connectivity index (χ3v) is 4.83. The molecule has 1 heterocycles. The maximum Gasteiger partial charge on any atom is 0.308 e. The predicted molar refractivity (Wildman–Crippen MR) is 105 cm³/mol. The van der Waals surface area contributed by atoms with Gasteiger partial charge in [-0.3, -0.25) is 14.4 Å². The fourth-order valence-electron chi connectivity index (χ4n) is 3.30. The van der Waals surface area contributed by atoms with Crippen LogP contribution in [0.4, 0.5) is 4.39 Å². The minimum atomic E-state index is -0.447. The fourth-order valence-corrected chi connectivity index (χ4v) is 3.30. The summed E-state index contributed by atoms with van der Waals surface area (Å²) >= 11 is 0. The van der Waals surface area contributed by atoms with Crippen LogP contribution in [0.3, 0.4) is 0 Å². The number of piperazine rings is 1. The molecule has 2 aromatic rings. The Morgan fingerprint density at radius 2 is 1.66 bits per heavy atom. The van der Waals surface area contributed by atoms with Crippen LogP contribution in [0.1, 0.15) is 29.3 Å². The number of hydrogen-bond acceptors (Lipinski definition) is 4. The number of esters is 1. The molecule has 0 N–H and O–H groups in total. The largest absolute Gasteiger partial charge is 0.427 e. The molecule has 0 saturated carbocycles. The molecule has 2 amide bonds. The number of ether oxygens (including phenoxy) is 1. The van der Waals surface area contributed by atoms with Gasteiger partial charge in [-0.25, -0.2) is 4.39 Å². The van der Waals surface area contributed by atoms with Crippen LogP contribution in [-0.4, -0.2) is 53.8 Å². The first kappa shape index (κ1) is 20.5. The highest BCUT2D eigenvalue weighted by molar-refractivity contribution is 5.95. The van der Waals surface area contributed by atoms with E-state index in [0.717, 1.165) is 0 Å². The normalized spacial score (nSPS) is 13.9. The summed E-state index contributed by atoms with van der Waals surface area (Å²) in [5, 5.41) is 0. The quantitative estimate of drug-likeness (QED) is 0.574. The first-order valence-electron chi connectivity index (χ1n) is 9.53. The summed E-state index contributed by atoms with van der Waals surface area (Å²) in [7, 11) is 0. The van der Waals surface area contributed by atoms with Gasteiger partial charge >= 0.3 is 5.97 Å². The molecule has 1 fully saturated rings. The molecular weight excluding hydrogens is 375 g/mol. The molecule has 6 nitrogen and oxygen atoms in total. The first-order valence-corrected chi connectivity index (χ1v) is 9.53. The van der Waals surface area contributed by atoms with E-state index in [2.05, 4.69) is 0 Å². The zero-order valence-electron chi connectivity index (χ0n) is 16.3. The van der Waals surface area contributed by atoms with E-state index < -0.39 is 5.97 Å². The summed E-state index contributed by atoms with van der Waals surface area (Å²) in [6.45, 7) is 3.01. The Labute approximate surface area is 168 Å². The molecule has 7 heteroatoms. The van der Waals surface area contributed by atoms with E-state index in [0.29, 0.717) is 49.5 Å². The second-order valence-electron chi connectivity index (χ2n) is 6.89. The summed E-state index contributed by atoms with van der Waals surface area (Å²) < 4.78 is 18.7. The second-order valence-corrected chi connectivity index (χ2v) is 6.89. The van der Waals surface area contributed by atoms with Crippen molar-refractivity contribution < 1.29 is 23.5 Å². The number of rotatable bonds is 5. The maximum absolute atomic E-state index is 13.7. The van der Waals surface area contributed by atoms with Crippen LogP contribution >= 0.6 is 0 Å². The van der Waals surface area contributed by atoms with Crippen molar-refractivity contribution in [1.82, 2.24) is 9.80 Å². The number of carbonyl (C=O) groups excluding carboxylic acids is 3. The molecule has 0 radical (unpaired) electrons. The molecule has 1 aliphatic heterocycles. The van der Waals surface area contributed by atoms with Crippen LogP contribution in [0.2, 0.25) is 0 Å². The van der Waals surface area contributed by atoms with Crippen molar-refractivity contribution in [3.63, 3.8) is 0 Å². The fraction of sp³-hybridized carbons (Fsp3) is 0.318. The lowest BCUT2D eigenvalue weighted by molar-refractivity contribution is -0.133. The van der Waals surface area contributed by atoms with E-state index in [-0.39, 0.29) is 24.1 Å². The summed E-state index contributed by atoms with van der Waals surface area (Å²) in [5.41, 5.74) is 0.963. The molecule has 3 rings (SSSR count). The minimum Gasteiger partial charge on any atom is -0.427 e. The van der Waals surface area contributed by atoms with Gasteiger partial charge < -0.3 is 14.5 Å². The topological polar surface area (TPSA) is 66.9 Å². The van der Waals surface area contributed by atoms with Gasteiger partial charge in [0.1, 0.15) is 11.6 Å². The molecule has 1 saturated heterocycles. The number of carbonyl (C=O) groups is 3. The van der Waals surface area contributed by atoms with Crippen molar-refractivity contribution in [3.05, 3.63) is 65.5 Å². The third-order valence-electron chi connectivity index (χ3n) is 4.83. The second kappa shape index (κ2) is 9.32. The average Bonchev–Trinajstić information content (AvgIpc) is 2.72. The Morgan fingerprint density at radius 3 is 2.34 bits per heavy atom. The lowest BCUT2D eigenvalue weighted by atomic mass is 10.1. The zero-order valence-corrected chi connectivity index (χ0v) is 16.3. The predicted octanol–water partition coefficient (Wildman–Crippen LogP) is 2.67. The van der Waals surface area contributed by atoms with Crippen LogP contribution in [0, 0.1) is 5.82 Å². The molecular formula is C22H23FN2O4. The van der Waals surface area contributed by atoms with Gasteiger partial charge in [-0.05, 0) is 36.2 Å². The SMILES string of the molecule is CC(=O)Oc1cccc(C(=O)N2CCN(C(=O)CCc3ccccc3F)CC2)c1. The van der Waals surface area contributed by atoms with Gasteiger partial charge in [-0.15, -0.1) is 0 Å². The Kier molecular flexibility index (Phi) is 6.59. The number of amides is 2. The average molecular weight is 398 g/mol. The standard InChI is InChI=1S/C22H23FN2O4/c1-16(26)29-19-7-4-6-18(15-19)22(28)25-13-11-24(12-14-25)21(27)10-9-17-5-2-3-8-20(17)23/h2-8,15H,9-14H2,1H3. The number of aryl methyl sites for hydroxylation is 1. The van der Waals surface area contributed by atoms with Gasteiger partial charge in [0.2, 0.25) is 5.91 Å². The number of halogens is 1. The van der Waals surface area contributed by atoms with Crippen LogP contribution in [0.5, 0.6) is 5.75 Å². The van der Waals surface area contributed by atoms with Crippen molar-refractivity contribution in [1.29, 1.82) is 0 Å². The van der Waals surface area contributed by atoms with Crippen molar-refractivity contribution in [3.8, 4) is 5.75 Å². The van der Waals surface area contributed by atoms with Crippen LogP contribution in [-0.2, 0) is 16.0 Å². The number of nitrogens with zero attached hydrogens (tertiary/aromatic N) is 2. The van der Waals surface area contributed by atoms with E-state index in [9.17, 15) is 18.8 Å². The summed E-state index contributed by atoms with van der Waals surface area (Å²) in [6.07, 6.45) is 0.590. The molecule has 0 aliphatic carbocycles. The van der Waals surface area contributed by atoms with Gasteiger partial charge in [0.25, 0.3) is 5.91 Å². The van der Waals surface area contributed by atoms with E-state index in [1.54, 1.807) is 46.2 Å². The van der Waals surface area contributed by atoms with E-state index in [1.807, 2.05) is 0 Å². The van der Waals surface area contributed by atoms with E-state index >= 15 is 0 Å². The highest BCUT2D eigenvalue weighted by Gasteiger charge is 2.25. The lowest BCUT2D eigenvalue weighted by Gasteiger charge is -2.35. The number of hydrogen-bond donors (Lipinski definition) is 0. The van der Waals surface area contributed by atoms with Crippen molar-refractivity contribution >= 4 is 17.8 Å². The minimum absolute atomic E-state index is 0.0443. The molecule has 1 aliphatic rings. The van der Waals surface area contributed by atoms with Crippen molar-refractivity contribution in [2.24, 2.45) is 0 Å². The first-order chi connectivity index (χ1) is 13.9. The van der Waals surface area contributed by atoms with Crippen molar-refractivity contribution in [2.45, 2.75) is 19.8 Å². The Balaban J connectivity index is 1.52. The molecule has 29 heavy (non-hydrogen) atoms. The monoisotopic (exact) mass is 398 g/mol. The van der Waals surface area contributed by atoms with Gasteiger partial charge in [-0.1, -0.05) is 24.3 Å². The highest BCUT2D eigenvalue weighted by atomic mass is 19.1. The Bertz CT molecular complexity index is 907. The summed E-state index contributed by atoms with van der Waals surface area (Å²) in [5.74, 6) is -0.635. The highest BCUT2D eigenvalue weighted by Crippen LogP contribution is 2.17. The zero-order chi connectivity index (χ0) is 20.8. The van der Waals surface area contributed by atoms with Gasteiger partial charge in [-0.2, -0.15) is 0 Å². The molecule has 0 spiro atoms. The molecule has 0 unspecified atom stereocenters. The third kappa shape index (κ3) is 5.40. The van der Waals surface area contributed by atoms with Gasteiger partial charge in [0, 0.05) is 45.1 Å². The molecule has 152 valence electrons. The maximum atomic E-state index is 13.7. The van der Waals surface area contributed by atoms with E-state index in [1.165, 1.54) is 19.1 Å². The smallest absolute Gasteiger partial charge is 0.308 e. The Hall–Kier alpha value is -3.22. The number of benzene rings is 2. The van der Waals surface area contributed by atoms with Gasteiger partial charge in [0.15, 0.2) is 0 Å². The molecule has 0 atom stereocenters. The van der Waals surface area contributed by atoms with Gasteiger partial charge in [0.05, 0.1) is 0 Å². The summed E-state index contributed by atoms with van der Waals surface area (Å²) in [4.78, 5) is 39.6. The molecule has 2 aromatic carbocycles. The van der Waals surface area contributed by atoms with Crippen molar-refractivity contribution in [2.75, 3.05) is 26.2 Å². The summed E-state index contributed by atoms with van der Waals surface area (Å²) in [6, 6.07) is 12.9. The Morgan fingerprint density at radius 1 is 0.966 bits per heavy atom. The van der Waals surface area contributed by atoms with Crippen LogP contribution in [0.15, 0.2) is 48.5 Å². The molecule has 0 bridgehead atoms. The van der Waals surface area contributed by atoms with E-state index in [4.69, 9.17) is 4.74 Å². The van der Waals surface area contributed by atoms with Crippen LogP contribution in [0.25, 0.3) is 0 Å². The van der Waals surface area contributed by atoms with Crippen LogP contribution < -0.4 is 4.74 Å².